The average molecular weight is 485 g/mol. The molecule has 1 heterocycles. The summed E-state index contributed by atoms with van der Waals surface area (Å²) in [5.74, 6) is -0.806. The van der Waals surface area contributed by atoms with E-state index in [9.17, 15) is 14.4 Å². The summed E-state index contributed by atoms with van der Waals surface area (Å²) < 4.78 is 16.5. The minimum Gasteiger partial charge on any atom is -0.490 e. The number of likely N-dealkylation sites (N-methyl/N-ethyl adjacent to an activating group) is 2. The number of benzene rings is 1. The molecule has 29 heavy (non-hydrogen) atoms. The number of hydrogen-bond acceptors (Lipinski definition) is 7. The topological polar surface area (TPSA) is 85.4 Å². The molecule has 1 aromatic carbocycles. The quantitative estimate of drug-likeness (QED) is 0.254. The van der Waals surface area contributed by atoms with Gasteiger partial charge in [-0.2, -0.15) is 0 Å². The lowest BCUT2D eigenvalue weighted by Crippen LogP contribution is -2.52. The van der Waals surface area contributed by atoms with Crippen molar-refractivity contribution >= 4 is 57.1 Å². The normalized spacial score (nSPS) is 14.2. The Morgan fingerprint density at radius 3 is 2.21 bits per heavy atom. The smallest absolute Gasteiger partial charge is 0.344 e. The number of amides is 2. The summed E-state index contributed by atoms with van der Waals surface area (Å²) in [5, 5.41) is 0.133. The van der Waals surface area contributed by atoms with Crippen LogP contribution in [0.2, 0.25) is 0 Å². The minimum atomic E-state index is -0.502. The molecule has 10 heteroatoms. The van der Waals surface area contributed by atoms with Gasteiger partial charge in [0.2, 0.25) is 0 Å². The predicted octanol–water partition coefficient (Wildman–Crippen LogP) is 2.39. The van der Waals surface area contributed by atoms with E-state index in [1.807, 2.05) is 0 Å². The molecule has 8 nitrogen and oxygen atoms in total. The fourth-order valence-electron chi connectivity index (χ4n) is 2.51. The molecule has 0 N–H and O–H groups in total. The highest BCUT2D eigenvalue weighted by molar-refractivity contribution is 9.10. The molecular weight excluding hydrogens is 464 g/mol. The number of carbonyl (C=O) groups excluding carboxylic acids is 3. The second-order valence-electron chi connectivity index (χ2n) is 5.92. The summed E-state index contributed by atoms with van der Waals surface area (Å²) in [5.41, 5.74) is 0.496. The van der Waals surface area contributed by atoms with E-state index in [0.29, 0.717) is 28.1 Å². The Balaban J connectivity index is 2.40. The fourth-order valence-corrected chi connectivity index (χ4v) is 3.12. The standard InChI is InChI=1S/C19H21BrN2O6S/c1-5-26-14-8-11(13(20)9-15(14)28-10-16(23)27-6-2)7-12-17(24)21(3)19(29)22(4)18(12)25/h7-9H,5-6,10H2,1-4H3. The third-order valence-electron chi connectivity index (χ3n) is 3.96. The number of ether oxygens (including phenoxy) is 3. The van der Waals surface area contributed by atoms with Crippen LogP contribution in [0.1, 0.15) is 19.4 Å². The van der Waals surface area contributed by atoms with E-state index in [-0.39, 0.29) is 23.9 Å². The molecule has 2 amide bonds. The Bertz CT molecular complexity index is 860. The van der Waals surface area contributed by atoms with E-state index in [1.165, 1.54) is 30.0 Å². The third-order valence-corrected chi connectivity index (χ3v) is 5.19. The van der Waals surface area contributed by atoms with Crippen LogP contribution in [0, 0.1) is 0 Å². The van der Waals surface area contributed by atoms with Crippen LogP contribution in [-0.4, -0.2) is 66.6 Å². The predicted molar refractivity (Wildman–Crippen MR) is 114 cm³/mol. The number of halogens is 1. The van der Waals surface area contributed by atoms with Gasteiger partial charge < -0.3 is 14.2 Å². The Morgan fingerprint density at radius 2 is 1.66 bits per heavy atom. The van der Waals surface area contributed by atoms with Gasteiger partial charge >= 0.3 is 5.97 Å². The van der Waals surface area contributed by atoms with Crippen molar-refractivity contribution < 1.29 is 28.6 Å². The van der Waals surface area contributed by atoms with Crippen molar-refractivity contribution in [1.29, 1.82) is 0 Å². The minimum absolute atomic E-state index is 0.0352. The summed E-state index contributed by atoms with van der Waals surface area (Å²) >= 11 is 8.50. The van der Waals surface area contributed by atoms with Crippen LogP contribution >= 0.6 is 28.1 Å². The van der Waals surface area contributed by atoms with Gasteiger partial charge in [0.05, 0.1) is 13.2 Å². The maximum Gasteiger partial charge on any atom is 0.344 e. The van der Waals surface area contributed by atoms with E-state index in [0.717, 1.165) is 0 Å². The summed E-state index contributed by atoms with van der Waals surface area (Å²) in [6, 6.07) is 3.22. The Labute approximate surface area is 182 Å². The van der Waals surface area contributed by atoms with Gasteiger partial charge in [-0.05, 0) is 49.8 Å². The van der Waals surface area contributed by atoms with Crippen LogP contribution in [-0.2, 0) is 19.1 Å². The fraction of sp³-hybridized carbons (Fsp3) is 0.368. The first kappa shape index (κ1) is 22.8. The van der Waals surface area contributed by atoms with Gasteiger partial charge in [-0.3, -0.25) is 19.4 Å². The Morgan fingerprint density at radius 1 is 1.07 bits per heavy atom. The van der Waals surface area contributed by atoms with Gasteiger partial charge in [-0.15, -0.1) is 0 Å². The van der Waals surface area contributed by atoms with Crippen LogP contribution < -0.4 is 9.47 Å². The molecule has 0 bridgehead atoms. The van der Waals surface area contributed by atoms with Gasteiger partial charge in [0, 0.05) is 18.6 Å². The highest BCUT2D eigenvalue weighted by Gasteiger charge is 2.35. The number of rotatable bonds is 7. The lowest BCUT2D eigenvalue weighted by molar-refractivity contribution is -0.145. The molecular formula is C19H21BrN2O6S. The third kappa shape index (κ3) is 5.13. The molecule has 1 aliphatic rings. The molecule has 2 rings (SSSR count). The molecule has 0 radical (unpaired) electrons. The number of nitrogens with zero attached hydrogens (tertiary/aromatic N) is 2. The van der Waals surface area contributed by atoms with Crippen molar-refractivity contribution in [3.63, 3.8) is 0 Å². The summed E-state index contributed by atoms with van der Waals surface area (Å²) in [6.45, 7) is 3.84. The summed E-state index contributed by atoms with van der Waals surface area (Å²) in [7, 11) is 3.02. The van der Waals surface area contributed by atoms with Crippen molar-refractivity contribution in [3.05, 3.63) is 27.7 Å². The SMILES string of the molecule is CCOC(=O)COc1cc(Br)c(C=C2C(=O)N(C)C(=S)N(C)C2=O)cc1OCC. The molecule has 0 unspecified atom stereocenters. The first-order valence-corrected chi connectivity index (χ1v) is 9.97. The molecule has 0 aliphatic carbocycles. The van der Waals surface area contributed by atoms with E-state index >= 15 is 0 Å². The second-order valence-corrected chi connectivity index (χ2v) is 7.14. The summed E-state index contributed by atoms with van der Waals surface area (Å²) in [6.07, 6.45) is 1.46. The van der Waals surface area contributed by atoms with Crippen molar-refractivity contribution in [2.45, 2.75) is 13.8 Å². The van der Waals surface area contributed by atoms with E-state index in [4.69, 9.17) is 26.4 Å². The molecule has 1 saturated heterocycles. The van der Waals surface area contributed by atoms with Crippen molar-refractivity contribution in [2.75, 3.05) is 33.9 Å². The molecule has 0 atom stereocenters. The first-order chi connectivity index (χ1) is 13.7. The number of hydrogen-bond donors (Lipinski definition) is 0. The van der Waals surface area contributed by atoms with Gasteiger partial charge in [0.25, 0.3) is 11.8 Å². The molecule has 156 valence electrons. The van der Waals surface area contributed by atoms with Gasteiger partial charge in [0.15, 0.2) is 23.2 Å². The Kier molecular flexibility index (Phi) is 7.74. The van der Waals surface area contributed by atoms with Crippen molar-refractivity contribution in [2.24, 2.45) is 0 Å². The number of thiocarbonyl (C=S) groups is 1. The maximum absolute atomic E-state index is 12.5. The lowest BCUT2D eigenvalue weighted by atomic mass is 10.1. The maximum atomic E-state index is 12.5. The van der Waals surface area contributed by atoms with Crippen LogP contribution in [0.3, 0.4) is 0 Å². The molecule has 0 aromatic heterocycles. The van der Waals surface area contributed by atoms with Crippen LogP contribution in [0.15, 0.2) is 22.2 Å². The van der Waals surface area contributed by atoms with Crippen molar-refractivity contribution in [3.8, 4) is 11.5 Å². The van der Waals surface area contributed by atoms with Gasteiger partial charge in [-0.1, -0.05) is 15.9 Å². The van der Waals surface area contributed by atoms with E-state index < -0.39 is 17.8 Å². The van der Waals surface area contributed by atoms with Gasteiger partial charge in [-0.25, -0.2) is 4.79 Å². The monoisotopic (exact) mass is 484 g/mol. The first-order valence-electron chi connectivity index (χ1n) is 8.77. The molecule has 0 saturated carbocycles. The highest BCUT2D eigenvalue weighted by atomic mass is 79.9. The molecule has 1 aromatic rings. The molecule has 1 fully saturated rings. The van der Waals surface area contributed by atoms with Crippen molar-refractivity contribution in [1.82, 2.24) is 9.80 Å². The largest absolute Gasteiger partial charge is 0.490 e. The number of carbonyl (C=O) groups is 3. The number of esters is 1. The van der Waals surface area contributed by atoms with E-state index in [2.05, 4.69) is 15.9 Å². The van der Waals surface area contributed by atoms with Crippen LogP contribution in [0.25, 0.3) is 6.08 Å². The average Bonchev–Trinajstić information content (AvgIpc) is 2.69. The van der Waals surface area contributed by atoms with Gasteiger partial charge in [0.1, 0.15) is 5.57 Å². The highest BCUT2D eigenvalue weighted by Crippen LogP contribution is 2.35. The zero-order valence-corrected chi connectivity index (χ0v) is 18.9. The lowest BCUT2D eigenvalue weighted by Gasteiger charge is -2.31. The summed E-state index contributed by atoms with van der Waals surface area (Å²) in [4.78, 5) is 39.1. The Hall–Kier alpha value is -2.46. The van der Waals surface area contributed by atoms with Crippen LogP contribution in [0.5, 0.6) is 11.5 Å². The second kappa shape index (κ2) is 9.84. The van der Waals surface area contributed by atoms with E-state index in [1.54, 1.807) is 26.0 Å². The molecule has 1 aliphatic heterocycles. The van der Waals surface area contributed by atoms with Crippen LogP contribution in [0.4, 0.5) is 0 Å². The zero-order valence-electron chi connectivity index (χ0n) is 16.5. The molecule has 0 spiro atoms. The zero-order chi connectivity index (χ0) is 21.7.